The van der Waals surface area contributed by atoms with Crippen molar-refractivity contribution in [1.29, 1.82) is 0 Å². The summed E-state index contributed by atoms with van der Waals surface area (Å²) in [5.74, 6) is 0.0547. The highest BCUT2D eigenvalue weighted by atomic mass is 79.9. The van der Waals surface area contributed by atoms with E-state index in [1.54, 1.807) is 18.2 Å². The van der Waals surface area contributed by atoms with Crippen LogP contribution in [0.4, 0.5) is 5.69 Å². The van der Waals surface area contributed by atoms with E-state index in [0.717, 1.165) is 4.47 Å². The number of hydrogen-bond donors (Lipinski definition) is 0. The van der Waals surface area contributed by atoms with Gasteiger partial charge in [0.15, 0.2) is 5.78 Å². The van der Waals surface area contributed by atoms with Crippen molar-refractivity contribution in [2.45, 2.75) is 6.92 Å². The second kappa shape index (κ2) is 6.24. The summed E-state index contributed by atoms with van der Waals surface area (Å²) in [4.78, 5) is 21.8. The SMILES string of the molecule is CC(=O)c1ccc(Oc2ccc(Br)cc2Cl)c([N+](=O)[O-])c1. The first-order valence-corrected chi connectivity index (χ1v) is 6.98. The van der Waals surface area contributed by atoms with Gasteiger partial charge in [-0.1, -0.05) is 27.5 Å². The third-order valence-corrected chi connectivity index (χ3v) is 3.46. The fraction of sp³-hybridized carbons (Fsp3) is 0.0714. The fourth-order valence-electron chi connectivity index (χ4n) is 1.64. The van der Waals surface area contributed by atoms with Crippen molar-refractivity contribution in [3.8, 4) is 11.5 Å². The Morgan fingerprint density at radius 3 is 2.48 bits per heavy atom. The molecule has 5 nitrogen and oxygen atoms in total. The summed E-state index contributed by atoms with van der Waals surface area (Å²) in [6.07, 6.45) is 0. The number of ketones is 1. The Hall–Kier alpha value is -1.92. The average molecular weight is 371 g/mol. The molecule has 0 unspecified atom stereocenters. The molecule has 0 saturated carbocycles. The first kappa shape index (κ1) is 15.5. The van der Waals surface area contributed by atoms with Crippen LogP contribution < -0.4 is 4.74 Å². The zero-order valence-corrected chi connectivity index (χ0v) is 13.1. The van der Waals surface area contributed by atoms with Gasteiger partial charge in [0.2, 0.25) is 5.75 Å². The lowest BCUT2D eigenvalue weighted by Crippen LogP contribution is -1.98. The van der Waals surface area contributed by atoms with Crippen molar-refractivity contribution in [3.05, 3.63) is 61.6 Å². The van der Waals surface area contributed by atoms with E-state index in [2.05, 4.69) is 15.9 Å². The number of hydrogen-bond acceptors (Lipinski definition) is 4. The van der Waals surface area contributed by atoms with E-state index < -0.39 is 4.92 Å². The summed E-state index contributed by atoms with van der Waals surface area (Å²) in [7, 11) is 0. The number of benzene rings is 2. The quantitative estimate of drug-likeness (QED) is 0.431. The molecule has 0 N–H and O–H groups in total. The molecular formula is C14H9BrClNO4. The van der Waals surface area contributed by atoms with Crippen molar-refractivity contribution < 1.29 is 14.5 Å². The van der Waals surface area contributed by atoms with Crippen LogP contribution in [0.15, 0.2) is 40.9 Å². The van der Waals surface area contributed by atoms with Crippen molar-refractivity contribution in [1.82, 2.24) is 0 Å². The molecule has 108 valence electrons. The van der Waals surface area contributed by atoms with Crippen LogP contribution in [-0.4, -0.2) is 10.7 Å². The molecule has 0 aliphatic rings. The summed E-state index contributed by atoms with van der Waals surface area (Å²) in [5.41, 5.74) is -0.0439. The van der Waals surface area contributed by atoms with Crippen LogP contribution >= 0.6 is 27.5 Å². The molecule has 0 saturated heterocycles. The molecule has 0 atom stereocenters. The molecule has 0 fully saturated rings. The molecule has 0 radical (unpaired) electrons. The molecule has 0 spiro atoms. The van der Waals surface area contributed by atoms with Gasteiger partial charge < -0.3 is 4.74 Å². The van der Waals surface area contributed by atoms with E-state index in [1.165, 1.54) is 25.1 Å². The number of rotatable bonds is 4. The Balaban J connectivity index is 2.44. The number of halogens is 2. The molecular weight excluding hydrogens is 362 g/mol. The monoisotopic (exact) mass is 369 g/mol. The maximum absolute atomic E-state index is 11.3. The lowest BCUT2D eigenvalue weighted by Gasteiger charge is -2.09. The largest absolute Gasteiger partial charge is 0.449 e. The molecule has 0 aliphatic heterocycles. The van der Waals surface area contributed by atoms with Crippen LogP contribution in [0, 0.1) is 10.1 Å². The molecule has 2 rings (SSSR count). The topological polar surface area (TPSA) is 69.4 Å². The lowest BCUT2D eigenvalue weighted by molar-refractivity contribution is -0.385. The summed E-state index contributed by atoms with van der Waals surface area (Å²) in [6, 6.07) is 8.95. The molecule has 0 aromatic heterocycles. The zero-order valence-electron chi connectivity index (χ0n) is 10.8. The molecule has 0 heterocycles. The molecule has 0 amide bonds. The van der Waals surface area contributed by atoms with E-state index in [9.17, 15) is 14.9 Å². The van der Waals surface area contributed by atoms with Gasteiger partial charge in [0.1, 0.15) is 5.75 Å². The number of nitro groups is 1. The Morgan fingerprint density at radius 1 is 1.24 bits per heavy atom. The molecule has 0 aliphatic carbocycles. The third-order valence-electron chi connectivity index (χ3n) is 2.68. The highest BCUT2D eigenvalue weighted by molar-refractivity contribution is 9.10. The molecule has 2 aromatic carbocycles. The average Bonchev–Trinajstić information content (AvgIpc) is 2.41. The minimum Gasteiger partial charge on any atom is -0.449 e. The first-order chi connectivity index (χ1) is 9.88. The van der Waals surface area contributed by atoms with Gasteiger partial charge in [-0.25, -0.2) is 0 Å². The maximum Gasteiger partial charge on any atom is 0.312 e. The standard InChI is InChI=1S/C14H9BrClNO4/c1-8(18)9-2-4-14(12(6-9)17(19)20)21-13-5-3-10(15)7-11(13)16/h2-7H,1H3. The highest BCUT2D eigenvalue weighted by Crippen LogP contribution is 2.36. The zero-order chi connectivity index (χ0) is 15.6. The Bertz CT molecular complexity index is 733. The smallest absolute Gasteiger partial charge is 0.312 e. The first-order valence-electron chi connectivity index (χ1n) is 5.81. The van der Waals surface area contributed by atoms with E-state index in [-0.39, 0.29) is 22.8 Å². The number of Topliss-reactive ketones (excluding diaryl/α,β-unsaturated/α-hetero) is 1. The fourth-order valence-corrected chi connectivity index (χ4v) is 2.35. The van der Waals surface area contributed by atoms with Crippen molar-refractivity contribution in [2.24, 2.45) is 0 Å². The van der Waals surface area contributed by atoms with Crippen LogP contribution in [0.25, 0.3) is 0 Å². The van der Waals surface area contributed by atoms with Gasteiger partial charge in [0, 0.05) is 16.1 Å². The lowest BCUT2D eigenvalue weighted by atomic mass is 10.1. The van der Waals surface area contributed by atoms with Gasteiger partial charge in [-0.15, -0.1) is 0 Å². The van der Waals surface area contributed by atoms with Crippen LogP contribution in [0.3, 0.4) is 0 Å². The van der Waals surface area contributed by atoms with Gasteiger partial charge in [-0.2, -0.15) is 0 Å². The van der Waals surface area contributed by atoms with Crippen LogP contribution in [0.2, 0.25) is 5.02 Å². The Labute approximate surface area is 133 Å². The highest BCUT2D eigenvalue weighted by Gasteiger charge is 2.19. The van der Waals surface area contributed by atoms with E-state index >= 15 is 0 Å². The van der Waals surface area contributed by atoms with Gasteiger partial charge in [-0.05, 0) is 37.3 Å². The van der Waals surface area contributed by atoms with Crippen molar-refractivity contribution >= 4 is 39.0 Å². The minimum absolute atomic E-state index is 0.0224. The maximum atomic E-state index is 11.3. The van der Waals surface area contributed by atoms with Crippen LogP contribution in [0.1, 0.15) is 17.3 Å². The molecule has 0 bridgehead atoms. The third kappa shape index (κ3) is 3.59. The van der Waals surface area contributed by atoms with E-state index in [1.807, 2.05) is 0 Å². The van der Waals surface area contributed by atoms with Gasteiger partial charge in [-0.3, -0.25) is 14.9 Å². The Morgan fingerprint density at radius 2 is 1.90 bits per heavy atom. The predicted molar refractivity (Wildman–Crippen MR) is 82.3 cm³/mol. The second-order valence-electron chi connectivity index (χ2n) is 4.17. The van der Waals surface area contributed by atoms with Gasteiger partial charge in [0.05, 0.1) is 9.95 Å². The normalized spacial score (nSPS) is 10.2. The van der Waals surface area contributed by atoms with Gasteiger partial charge in [0.25, 0.3) is 0 Å². The molecule has 21 heavy (non-hydrogen) atoms. The number of nitro benzene ring substituents is 1. The number of nitrogens with zero attached hydrogens (tertiary/aromatic N) is 1. The van der Waals surface area contributed by atoms with E-state index in [4.69, 9.17) is 16.3 Å². The molecule has 2 aromatic rings. The summed E-state index contributed by atoms with van der Waals surface area (Å²) < 4.78 is 6.25. The van der Waals surface area contributed by atoms with Gasteiger partial charge >= 0.3 is 5.69 Å². The second-order valence-corrected chi connectivity index (χ2v) is 5.50. The van der Waals surface area contributed by atoms with Crippen molar-refractivity contribution in [3.63, 3.8) is 0 Å². The summed E-state index contributed by atoms with van der Waals surface area (Å²) in [5, 5.41) is 11.4. The predicted octanol–water partition coefficient (Wildman–Crippen LogP) is 5.01. The summed E-state index contributed by atoms with van der Waals surface area (Å²) in [6.45, 7) is 1.34. The summed E-state index contributed by atoms with van der Waals surface area (Å²) >= 11 is 9.27. The van der Waals surface area contributed by atoms with E-state index in [0.29, 0.717) is 10.8 Å². The van der Waals surface area contributed by atoms with Crippen LogP contribution in [0.5, 0.6) is 11.5 Å². The number of carbonyl (C=O) groups excluding carboxylic acids is 1. The molecule has 7 heteroatoms. The Kier molecular flexibility index (Phi) is 4.59. The minimum atomic E-state index is -0.603. The van der Waals surface area contributed by atoms with Crippen LogP contribution in [-0.2, 0) is 0 Å². The van der Waals surface area contributed by atoms with Crippen molar-refractivity contribution in [2.75, 3.05) is 0 Å². The number of ether oxygens (including phenoxy) is 1. The number of carbonyl (C=O) groups is 1.